The van der Waals surface area contributed by atoms with E-state index in [1.54, 1.807) is 18.4 Å². The Bertz CT molecular complexity index is 467. The Labute approximate surface area is 107 Å². The van der Waals surface area contributed by atoms with Gasteiger partial charge in [-0.15, -0.1) is 0 Å². The molecular weight excluding hydrogens is 229 g/mol. The van der Waals surface area contributed by atoms with Crippen LogP contribution in [0.15, 0.2) is 47.1 Å². The second-order valence-electron chi connectivity index (χ2n) is 4.52. The smallest absolute Gasteiger partial charge is 0.123 e. The quantitative estimate of drug-likeness (QED) is 0.848. The van der Waals surface area contributed by atoms with Gasteiger partial charge in [-0.3, -0.25) is 0 Å². The Balaban J connectivity index is 1.73. The molecule has 0 radical (unpaired) electrons. The van der Waals surface area contributed by atoms with Gasteiger partial charge in [0.05, 0.1) is 6.26 Å². The number of furan rings is 1. The molecule has 3 heteroatoms. The van der Waals surface area contributed by atoms with Gasteiger partial charge in [0.25, 0.3) is 0 Å². The van der Waals surface area contributed by atoms with E-state index >= 15 is 0 Å². The molecule has 0 bridgehead atoms. The van der Waals surface area contributed by atoms with Gasteiger partial charge in [0.1, 0.15) is 11.6 Å². The van der Waals surface area contributed by atoms with E-state index in [4.69, 9.17) is 4.42 Å². The van der Waals surface area contributed by atoms with Gasteiger partial charge in [-0.2, -0.15) is 0 Å². The minimum atomic E-state index is -0.171. The summed E-state index contributed by atoms with van der Waals surface area (Å²) in [6.45, 7) is 2.97. The summed E-state index contributed by atoms with van der Waals surface area (Å²) in [7, 11) is 0. The zero-order valence-electron chi connectivity index (χ0n) is 10.5. The summed E-state index contributed by atoms with van der Waals surface area (Å²) < 4.78 is 18.3. The normalized spacial score (nSPS) is 12.6. The fraction of sp³-hybridized carbons (Fsp3) is 0.333. The van der Waals surface area contributed by atoms with Crippen molar-refractivity contribution in [2.75, 3.05) is 6.54 Å². The molecule has 1 unspecified atom stereocenters. The van der Waals surface area contributed by atoms with Crippen molar-refractivity contribution in [2.24, 2.45) is 0 Å². The number of hydrogen-bond donors (Lipinski definition) is 1. The lowest BCUT2D eigenvalue weighted by Gasteiger charge is -2.13. The van der Waals surface area contributed by atoms with Crippen molar-refractivity contribution in [2.45, 2.75) is 25.8 Å². The molecule has 1 N–H and O–H groups in total. The van der Waals surface area contributed by atoms with Crippen LogP contribution in [-0.4, -0.2) is 12.6 Å². The second-order valence-corrected chi connectivity index (χ2v) is 4.52. The lowest BCUT2D eigenvalue weighted by Crippen LogP contribution is -2.29. The molecular formula is C15H18FNO. The van der Waals surface area contributed by atoms with E-state index in [0.717, 1.165) is 30.7 Å². The third kappa shape index (κ3) is 4.00. The molecule has 1 heterocycles. The van der Waals surface area contributed by atoms with Gasteiger partial charge in [0, 0.05) is 19.0 Å². The number of hydrogen-bond acceptors (Lipinski definition) is 2. The average Bonchev–Trinajstić information content (AvgIpc) is 2.82. The zero-order valence-corrected chi connectivity index (χ0v) is 10.5. The molecule has 0 spiro atoms. The summed E-state index contributed by atoms with van der Waals surface area (Å²) in [5, 5.41) is 3.41. The van der Waals surface area contributed by atoms with Crippen molar-refractivity contribution in [3.63, 3.8) is 0 Å². The van der Waals surface area contributed by atoms with Crippen LogP contribution in [0, 0.1) is 5.82 Å². The van der Waals surface area contributed by atoms with Gasteiger partial charge in [0.2, 0.25) is 0 Å². The van der Waals surface area contributed by atoms with Crippen LogP contribution in [0.1, 0.15) is 18.2 Å². The molecule has 0 aliphatic heterocycles. The van der Waals surface area contributed by atoms with Crippen molar-refractivity contribution in [1.82, 2.24) is 5.32 Å². The first-order valence-corrected chi connectivity index (χ1v) is 6.24. The highest BCUT2D eigenvalue weighted by molar-refractivity contribution is 5.17. The summed E-state index contributed by atoms with van der Waals surface area (Å²) in [5.41, 5.74) is 1.02. The van der Waals surface area contributed by atoms with E-state index in [1.165, 1.54) is 6.07 Å². The van der Waals surface area contributed by atoms with Crippen LogP contribution in [0.2, 0.25) is 0 Å². The van der Waals surface area contributed by atoms with Crippen LogP contribution < -0.4 is 5.32 Å². The number of nitrogens with one attached hydrogen (secondary N) is 1. The summed E-state index contributed by atoms with van der Waals surface area (Å²) in [6.07, 6.45) is 3.39. The molecule has 1 atom stereocenters. The third-order valence-corrected chi connectivity index (χ3v) is 2.88. The molecule has 1 aromatic heterocycles. The molecule has 2 nitrogen and oxygen atoms in total. The highest BCUT2D eigenvalue weighted by atomic mass is 19.1. The van der Waals surface area contributed by atoms with E-state index in [2.05, 4.69) is 12.2 Å². The molecule has 18 heavy (non-hydrogen) atoms. The largest absolute Gasteiger partial charge is 0.469 e. The van der Waals surface area contributed by atoms with Crippen molar-refractivity contribution >= 4 is 0 Å². The predicted molar refractivity (Wildman–Crippen MR) is 70.0 cm³/mol. The molecule has 0 saturated heterocycles. The Morgan fingerprint density at radius 1 is 1.28 bits per heavy atom. The maximum absolute atomic E-state index is 13.0. The Hall–Kier alpha value is -1.61. The van der Waals surface area contributed by atoms with Gasteiger partial charge >= 0.3 is 0 Å². The third-order valence-electron chi connectivity index (χ3n) is 2.88. The summed E-state index contributed by atoms with van der Waals surface area (Å²) >= 11 is 0. The van der Waals surface area contributed by atoms with Crippen LogP contribution >= 0.6 is 0 Å². The maximum Gasteiger partial charge on any atom is 0.123 e. The van der Waals surface area contributed by atoms with Gasteiger partial charge < -0.3 is 9.73 Å². The zero-order chi connectivity index (χ0) is 12.8. The lowest BCUT2D eigenvalue weighted by atomic mass is 10.1. The van der Waals surface area contributed by atoms with Gasteiger partial charge in [0.15, 0.2) is 0 Å². The van der Waals surface area contributed by atoms with Crippen LogP contribution in [0.3, 0.4) is 0 Å². The van der Waals surface area contributed by atoms with Crippen molar-refractivity contribution in [1.29, 1.82) is 0 Å². The molecule has 2 aromatic rings. The minimum Gasteiger partial charge on any atom is -0.469 e. The Kier molecular flexibility index (Phi) is 4.53. The van der Waals surface area contributed by atoms with Crippen LogP contribution in [0.25, 0.3) is 0 Å². The SMILES string of the molecule is CC(Cc1cccc(F)c1)NCCc1ccco1. The molecule has 0 aliphatic carbocycles. The summed E-state index contributed by atoms with van der Waals surface area (Å²) in [6, 6.07) is 10.9. The number of halogens is 1. The van der Waals surface area contributed by atoms with E-state index in [1.807, 2.05) is 18.2 Å². The molecule has 1 aromatic carbocycles. The standard InChI is InChI=1S/C15H18FNO/c1-12(10-13-4-2-5-14(16)11-13)17-8-7-15-6-3-9-18-15/h2-6,9,11-12,17H,7-8,10H2,1H3. The van der Waals surface area contributed by atoms with Crippen LogP contribution in [0.5, 0.6) is 0 Å². The van der Waals surface area contributed by atoms with Crippen molar-refractivity contribution < 1.29 is 8.81 Å². The number of benzene rings is 1. The predicted octanol–water partition coefficient (Wildman–Crippen LogP) is 3.18. The van der Waals surface area contributed by atoms with E-state index in [9.17, 15) is 4.39 Å². The lowest BCUT2D eigenvalue weighted by molar-refractivity contribution is 0.480. The van der Waals surface area contributed by atoms with E-state index in [0.29, 0.717) is 6.04 Å². The first-order chi connectivity index (χ1) is 8.74. The van der Waals surface area contributed by atoms with Crippen LogP contribution in [-0.2, 0) is 12.8 Å². The van der Waals surface area contributed by atoms with Crippen molar-refractivity contribution in [3.05, 3.63) is 59.8 Å². The molecule has 0 fully saturated rings. The first kappa shape index (κ1) is 12.8. The number of rotatable bonds is 6. The molecule has 0 aliphatic rings. The van der Waals surface area contributed by atoms with Gasteiger partial charge in [-0.25, -0.2) is 4.39 Å². The Morgan fingerprint density at radius 2 is 2.17 bits per heavy atom. The maximum atomic E-state index is 13.0. The highest BCUT2D eigenvalue weighted by Crippen LogP contribution is 2.06. The van der Waals surface area contributed by atoms with Crippen LogP contribution in [0.4, 0.5) is 4.39 Å². The first-order valence-electron chi connectivity index (χ1n) is 6.24. The molecule has 0 saturated carbocycles. The second kappa shape index (κ2) is 6.36. The topological polar surface area (TPSA) is 25.2 Å². The average molecular weight is 247 g/mol. The van der Waals surface area contributed by atoms with E-state index in [-0.39, 0.29) is 5.82 Å². The molecule has 0 amide bonds. The van der Waals surface area contributed by atoms with Gasteiger partial charge in [-0.05, 0) is 43.2 Å². The monoisotopic (exact) mass is 247 g/mol. The van der Waals surface area contributed by atoms with Crippen molar-refractivity contribution in [3.8, 4) is 0 Å². The fourth-order valence-electron chi connectivity index (χ4n) is 1.99. The highest BCUT2D eigenvalue weighted by Gasteiger charge is 2.04. The minimum absolute atomic E-state index is 0.171. The fourth-order valence-corrected chi connectivity index (χ4v) is 1.99. The molecule has 96 valence electrons. The summed E-state index contributed by atoms with van der Waals surface area (Å²) in [4.78, 5) is 0. The Morgan fingerprint density at radius 3 is 2.89 bits per heavy atom. The summed E-state index contributed by atoms with van der Waals surface area (Å²) in [5.74, 6) is 0.816. The van der Waals surface area contributed by atoms with E-state index < -0.39 is 0 Å². The molecule has 2 rings (SSSR count). The van der Waals surface area contributed by atoms with Gasteiger partial charge in [-0.1, -0.05) is 12.1 Å².